The molecule has 0 unspecified atom stereocenters. The van der Waals surface area contributed by atoms with E-state index in [1.807, 2.05) is 6.92 Å². The fourth-order valence-electron chi connectivity index (χ4n) is 3.98. The largest absolute Gasteiger partial charge is 0.389 e. The molecule has 0 saturated heterocycles. The third kappa shape index (κ3) is 1.64. The van der Waals surface area contributed by atoms with Crippen LogP contribution in [0.5, 0.6) is 0 Å². The highest BCUT2D eigenvalue weighted by atomic mass is 16.3. The summed E-state index contributed by atoms with van der Waals surface area (Å²) in [6.45, 7) is 10.9. The van der Waals surface area contributed by atoms with Crippen LogP contribution < -0.4 is 0 Å². The van der Waals surface area contributed by atoms with E-state index in [2.05, 4.69) is 20.4 Å². The Morgan fingerprint density at radius 2 is 2.06 bits per heavy atom. The fourth-order valence-corrected chi connectivity index (χ4v) is 3.98. The van der Waals surface area contributed by atoms with E-state index in [0.717, 1.165) is 43.9 Å². The summed E-state index contributed by atoms with van der Waals surface area (Å²) < 4.78 is 0. The maximum Gasteiger partial charge on any atom is 0.0712 e. The number of aliphatic hydroxyl groups is 1. The van der Waals surface area contributed by atoms with E-state index in [-0.39, 0.29) is 5.41 Å². The number of hydrogen-bond donors (Lipinski definition) is 1. The van der Waals surface area contributed by atoms with Crippen molar-refractivity contribution in [3.8, 4) is 0 Å². The summed E-state index contributed by atoms with van der Waals surface area (Å²) in [6.07, 6.45) is 6.83. The van der Waals surface area contributed by atoms with Crippen LogP contribution >= 0.6 is 0 Å². The Hall–Kier alpha value is -0.300. The van der Waals surface area contributed by atoms with Crippen LogP contribution in [0, 0.1) is 17.3 Å². The molecule has 2 aliphatic carbocycles. The molecule has 3 atom stereocenters. The van der Waals surface area contributed by atoms with Gasteiger partial charge in [-0.05, 0) is 57.3 Å². The Balaban J connectivity index is 2.27. The fraction of sp³-hybridized carbons (Fsp3) is 0.867. The molecule has 0 aromatic carbocycles. The molecule has 0 amide bonds. The van der Waals surface area contributed by atoms with Crippen molar-refractivity contribution in [1.82, 2.24) is 0 Å². The molecular weight excluding hydrogens is 196 g/mol. The molecule has 1 N–H and O–H groups in total. The minimum absolute atomic E-state index is 0.0419. The molecule has 2 aliphatic rings. The average Bonchev–Trinajstić information content (AvgIpc) is 2.47. The van der Waals surface area contributed by atoms with Gasteiger partial charge in [0, 0.05) is 5.41 Å². The minimum Gasteiger partial charge on any atom is -0.389 e. The van der Waals surface area contributed by atoms with Gasteiger partial charge in [0.25, 0.3) is 0 Å². The lowest BCUT2D eigenvalue weighted by Crippen LogP contribution is -2.46. The molecule has 2 rings (SSSR count). The smallest absolute Gasteiger partial charge is 0.0712 e. The molecular formula is C15H26O. The summed E-state index contributed by atoms with van der Waals surface area (Å²) in [5.41, 5.74) is 0.865. The SMILES string of the molecule is C=C1CC[C@H](C(C)C)C[C@]12CCC[C@@]2(C)O. The first-order valence-electron chi connectivity index (χ1n) is 6.80. The third-order valence-corrected chi connectivity index (χ3v) is 5.35. The van der Waals surface area contributed by atoms with Gasteiger partial charge in [0.05, 0.1) is 5.60 Å². The Labute approximate surface area is 99.9 Å². The summed E-state index contributed by atoms with van der Waals surface area (Å²) in [6, 6.07) is 0. The van der Waals surface area contributed by atoms with E-state index in [0.29, 0.717) is 0 Å². The lowest BCUT2D eigenvalue weighted by molar-refractivity contribution is -0.0509. The molecule has 2 saturated carbocycles. The van der Waals surface area contributed by atoms with Crippen LogP contribution in [0.3, 0.4) is 0 Å². The van der Waals surface area contributed by atoms with Crippen LogP contribution in [0.25, 0.3) is 0 Å². The topological polar surface area (TPSA) is 20.2 Å². The first kappa shape index (κ1) is 12.2. The molecule has 1 spiro atoms. The summed E-state index contributed by atoms with van der Waals surface area (Å²) >= 11 is 0. The van der Waals surface area contributed by atoms with E-state index in [9.17, 15) is 5.11 Å². The van der Waals surface area contributed by atoms with Gasteiger partial charge in [-0.2, -0.15) is 0 Å². The van der Waals surface area contributed by atoms with Crippen molar-refractivity contribution in [3.63, 3.8) is 0 Å². The van der Waals surface area contributed by atoms with Gasteiger partial charge in [-0.15, -0.1) is 0 Å². The van der Waals surface area contributed by atoms with Gasteiger partial charge in [0.1, 0.15) is 0 Å². The van der Waals surface area contributed by atoms with Gasteiger partial charge >= 0.3 is 0 Å². The number of hydrogen-bond acceptors (Lipinski definition) is 1. The van der Waals surface area contributed by atoms with Gasteiger partial charge in [0.2, 0.25) is 0 Å². The van der Waals surface area contributed by atoms with Gasteiger partial charge in [-0.1, -0.05) is 26.0 Å². The van der Waals surface area contributed by atoms with Crippen LogP contribution in [-0.4, -0.2) is 10.7 Å². The lowest BCUT2D eigenvalue weighted by Gasteiger charge is -2.48. The predicted octanol–water partition coefficient (Wildman–Crippen LogP) is 3.92. The molecule has 0 aliphatic heterocycles. The first-order valence-corrected chi connectivity index (χ1v) is 6.80. The van der Waals surface area contributed by atoms with E-state index < -0.39 is 5.60 Å². The van der Waals surface area contributed by atoms with Gasteiger partial charge < -0.3 is 5.11 Å². The molecule has 0 radical (unpaired) electrons. The summed E-state index contributed by atoms with van der Waals surface area (Å²) in [7, 11) is 0. The Morgan fingerprint density at radius 1 is 1.38 bits per heavy atom. The lowest BCUT2D eigenvalue weighted by atomic mass is 9.58. The predicted molar refractivity (Wildman–Crippen MR) is 68.2 cm³/mol. The van der Waals surface area contributed by atoms with Crippen LogP contribution in [-0.2, 0) is 0 Å². The number of rotatable bonds is 1. The zero-order valence-corrected chi connectivity index (χ0v) is 11.1. The van der Waals surface area contributed by atoms with Crippen LogP contribution in [0.2, 0.25) is 0 Å². The molecule has 92 valence electrons. The van der Waals surface area contributed by atoms with E-state index in [4.69, 9.17) is 0 Å². The van der Waals surface area contributed by atoms with Crippen molar-refractivity contribution < 1.29 is 5.11 Å². The van der Waals surface area contributed by atoms with Crippen molar-refractivity contribution >= 4 is 0 Å². The Kier molecular flexibility index (Phi) is 2.94. The highest BCUT2D eigenvalue weighted by molar-refractivity contribution is 5.23. The zero-order valence-electron chi connectivity index (χ0n) is 11.1. The molecule has 0 aromatic rings. The van der Waals surface area contributed by atoms with Crippen molar-refractivity contribution in [2.45, 2.75) is 64.9 Å². The molecule has 0 bridgehead atoms. The second-order valence-corrected chi connectivity index (χ2v) is 6.56. The summed E-state index contributed by atoms with van der Waals surface area (Å²) in [4.78, 5) is 0. The van der Waals surface area contributed by atoms with Crippen molar-refractivity contribution in [2.24, 2.45) is 17.3 Å². The molecule has 1 nitrogen and oxygen atoms in total. The first-order chi connectivity index (χ1) is 7.39. The molecule has 2 fully saturated rings. The maximum absolute atomic E-state index is 10.7. The second-order valence-electron chi connectivity index (χ2n) is 6.56. The second kappa shape index (κ2) is 3.87. The van der Waals surface area contributed by atoms with Gasteiger partial charge in [-0.3, -0.25) is 0 Å². The minimum atomic E-state index is -0.502. The highest BCUT2D eigenvalue weighted by Crippen LogP contribution is 2.59. The van der Waals surface area contributed by atoms with Crippen molar-refractivity contribution in [2.75, 3.05) is 0 Å². The van der Waals surface area contributed by atoms with Gasteiger partial charge in [-0.25, -0.2) is 0 Å². The molecule has 1 heteroatoms. The normalized spacial score (nSPS) is 44.6. The van der Waals surface area contributed by atoms with E-state index >= 15 is 0 Å². The molecule has 0 heterocycles. The highest BCUT2D eigenvalue weighted by Gasteiger charge is 2.54. The van der Waals surface area contributed by atoms with Crippen LogP contribution in [0.15, 0.2) is 12.2 Å². The van der Waals surface area contributed by atoms with Crippen LogP contribution in [0.1, 0.15) is 59.3 Å². The van der Waals surface area contributed by atoms with Crippen LogP contribution in [0.4, 0.5) is 0 Å². The van der Waals surface area contributed by atoms with E-state index in [1.165, 1.54) is 12.0 Å². The Bertz CT molecular complexity index is 290. The summed E-state index contributed by atoms with van der Waals surface area (Å²) in [5.74, 6) is 1.51. The monoisotopic (exact) mass is 222 g/mol. The zero-order chi connectivity index (χ0) is 12.0. The molecule has 16 heavy (non-hydrogen) atoms. The quantitative estimate of drug-likeness (QED) is 0.667. The molecule has 0 aromatic heterocycles. The van der Waals surface area contributed by atoms with Gasteiger partial charge in [0.15, 0.2) is 0 Å². The maximum atomic E-state index is 10.7. The Morgan fingerprint density at radius 3 is 2.56 bits per heavy atom. The third-order valence-electron chi connectivity index (χ3n) is 5.35. The van der Waals surface area contributed by atoms with Crippen molar-refractivity contribution in [3.05, 3.63) is 12.2 Å². The van der Waals surface area contributed by atoms with Crippen molar-refractivity contribution in [1.29, 1.82) is 0 Å². The van der Waals surface area contributed by atoms with E-state index in [1.54, 1.807) is 0 Å². The summed E-state index contributed by atoms with van der Waals surface area (Å²) in [5, 5.41) is 10.7. The standard InChI is InChI=1S/C15H26O/c1-11(2)13-7-6-12(3)15(10-13)9-5-8-14(15,4)16/h11,13,16H,3,5-10H2,1-2,4H3/t13-,14+,15+/m0/s1. The average molecular weight is 222 g/mol.